The molecule has 6 nitrogen and oxygen atoms in total. The summed E-state index contributed by atoms with van der Waals surface area (Å²) in [6.07, 6.45) is 8.14. The third-order valence-electron chi connectivity index (χ3n) is 4.29. The van der Waals surface area contributed by atoms with Crippen molar-refractivity contribution < 1.29 is 0 Å². The highest BCUT2D eigenvalue weighted by Gasteiger charge is 2.07. The number of para-hydroxylation sites is 1. The first-order valence-corrected chi connectivity index (χ1v) is 9.59. The first-order chi connectivity index (χ1) is 12.7. The second-order valence-corrected chi connectivity index (χ2v) is 6.90. The summed E-state index contributed by atoms with van der Waals surface area (Å²) in [7, 11) is 1.79. The average Bonchev–Trinajstić information content (AvgIpc) is 3.12. The zero-order valence-corrected chi connectivity index (χ0v) is 16.3. The van der Waals surface area contributed by atoms with Crippen LogP contribution in [0.4, 0.5) is 0 Å². The van der Waals surface area contributed by atoms with E-state index in [1.54, 1.807) is 13.4 Å². The van der Waals surface area contributed by atoms with E-state index in [1.165, 1.54) is 32.1 Å². The fraction of sp³-hybridized carbons (Fsp3) is 0.550. The minimum absolute atomic E-state index is 0.572. The molecule has 1 aromatic carbocycles. The predicted octanol–water partition coefficient (Wildman–Crippen LogP) is 3.54. The van der Waals surface area contributed by atoms with Crippen molar-refractivity contribution in [2.75, 3.05) is 13.6 Å². The summed E-state index contributed by atoms with van der Waals surface area (Å²) in [5.41, 5.74) is 1.05. The molecule has 0 spiro atoms. The Morgan fingerprint density at radius 2 is 1.85 bits per heavy atom. The Morgan fingerprint density at radius 1 is 1.08 bits per heavy atom. The topological polar surface area (TPSA) is 67.1 Å². The maximum Gasteiger partial charge on any atom is 0.191 e. The highest BCUT2D eigenvalue weighted by molar-refractivity contribution is 5.79. The van der Waals surface area contributed by atoms with Crippen LogP contribution in [0.5, 0.6) is 0 Å². The van der Waals surface area contributed by atoms with Gasteiger partial charge in [0.25, 0.3) is 0 Å². The molecule has 0 fully saturated rings. The van der Waals surface area contributed by atoms with Crippen LogP contribution in [0, 0.1) is 5.92 Å². The summed E-state index contributed by atoms with van der Waals surface area (Å²) in [5.74, 6) is 2.47. The van der Waals surface area contributed by atoms with Gasteiger partial charge in [0.05, 0.1) is 6.54 Å². The summed E-state index contributed by atoms with van der Waals surface area (Å²) >= 11 is 0. The van der Waals surface area contributed by atoms with Crippen molar-refractivity contribution in [3.63, 3.8) is 0 Å². The van der Waals surface area contributed by atoms with E-state index in [2.05, 4.69) is 39.7 Å². The number of nitrogens with one attached hydrogen (secondary N) is 2. The lowest BCUT2D eigenvalue weighted by Crippen LogP contribution is -2.37. The van der Waals surface area contributed by atoms with Crippen molar-refractivity contribution in [2.24, 2.45) is 10.9 Å². The lowest BCUT2D eigenvalue weighted by atomic mass is 10.0. The number of hydrogen-bond acceptors (Lipinski definition) is 3. The molecule has 2 aromatic rings. The SMILES string of the molecule is CN=C(NCCCCCCC(C)C)NCc1nncn1-c1ccccc1. The lowest BCUT2D eigenvalue weighted by Gasteiger charge is -2.12. The van der Waals surface area contributed by atoms with Gasteiger partial charge in [0.2, 0.25) is 0 Å². The number of unbranched alkanes of at least 4 members (excludes halogenated alkanes) is 3. The molecule has 1 heterocycles. The number of benzene rings is 1. The number of hydrogen-bond donors (Lipinski definition) is 2. The van der Waals surface area contributed by atoms with Crippen LogP contribution in [-0.2, 0) is 6.54 Å². The molecule has 0 aliphatic carbocycles. The van der Waals surface area contributed by atoms with E-state index in [1.807, 2.05) is 34.9 Å². The molecular formula is C20H32N6. The van der Waals surface area contributed by atoms with Gasteiger partial charge in [-0.25, -0.2) is 0 Å². The van der Waals surface area contributed by atoms with E-state index in [-0.39, 0.29) is 0 Å². The standard InChI is InChI=1S/C20H32N6/c1-17(2)11-7-4-5-10-14-22-20(21-3)23-15-19-25-24-16-26(19)18-12-8-6-9-13-18/h6,8-9,12-13,16-17H,4-5,7,10-11,14-15H2,1-3H3,(H2,21,22,23). The highest BCUT2D eigenvalue weighted by atomic mass is 15.3. The summed E-state index contributed by atoms with van der Waals surface area (Å²) in [6, 6.07) is 10.1. The van der Waals surface area contributed by atoms with E-state index in [4.69, 9.17) is 0 Å². The van der Waals surface area contributed by atoms with Gasteiger partial charge in [-0.1, -0.05) is 57.7 Å². The quantitative estimate of drug-likeness (QED) is 0.388. The molecule has 26 heavy (non-hydrogen) atoms. The van der Waals surface area contributed by atoms with Gasteiger partial charge in [-0.2, -0.15) is 0 Å². The van der Waals surface area contributed by atoms with Gasteiger partial charge >= 0.3 is 0 Å². The molecule has 0 aliphatic heterocycles. The van der Waals surface area contributed by atoms with Crippen LogP contribution >= 0.6 is 0 Å². The van der Waals surface area contributed by atoms with Crippen molar-refractivity contribution >= 4 is 5.96 Å². The zero-order chi connectivity index (χ0) is 18.6. The summed E-state index contributed by atoms with van der Waals surface area (Å²) in [4.78, 5) is 4.28. The van der Waals surface area contributed by atoms with Gasteiger partial charge in [-0.3, -0.25) is 9.56 Å². The number of aromatic nitrogens is 3. The lowest BCUT2D eigenvalue weighted by molar-refractivity contribution is 0.518. The minimum atomic E-state index is 0.572. The van der Waals surface area contributed by atoms with Crippen molar-refractivity contribution in [1.82, 2.24) is 25.4 Å². The third kappa shape index (κ3) is 6.86. The van der Waals surface area contributed by atoms with Crippen molar-refractivity contribution in [1.29, 1.82) is 0 Å². The Balaban J connectivity index is 1.71. The molecule has 0 amide bonds. The maximum atomic E-state index is 4.28. The van der Waals surface area contributed by atoms with Crippen LogP contribution in [0.15, 0.2) is 41.7 Å². The third-order valence-corrected chi connectivity index (χ3v) is 4.29. The Hall–Kier alpha value is -2.37. The molecular weight excluding hydrogens is 324 g/mol. The second-order valence-electron chi connectivity index (χ2n) is 6.90. The van der Waals surface area contributed by atoms with Crippen LogP contribution in [0.25, 0.3) is 5.69 Å². The Labute approximate surface area is 157 Å². The van der Waals surface area contributed by atoms with E-state index >= 15 is 0 Å². The Morgan fingerprint density at radius 3 is 2.58 bits per heavy atom. The molecule has 6 heteroatoms. The van der Waals surface area contributed by atoms with Gasteiger partial charge < -0.3 is 10.6 Å². The zero-order valence-electron chi connectivity index (χ0n) is 16.3. The van der Waals surface area contributed by atoms with Gasteiger partial charge in [0, 0.05) is 19.3 Å². The van der Waals surface area contributed by atoms with E-state index < -0.39 is 0 Å². The highest BCUT2D eigenvalue weighted by Crippen LogP contribution is 2.09. The number of aliphatic imine (C=N–C) groups is 1. The maximum absolute atomic E-state index is 4.28. The monoisotopic (exact) mass is 356 g/mol. The molecule has 2 rings (SSSR count). The smallest absolute Gasteiger partial charge is 0.191 e. The first kappa shape index (κ1) is 19.9. The van der Waals surface area contributed by atoms with Gasteiger partial charge in [-0.15, -0.1) is 10.2 Å². The van der Waals surface area contributed by atoms with E-state index in [9.17, 15) is 0 Å². The fourth-order valence-corrected chi connectivity index (χ4v) is 2.81. The summed E-state index contributed by atoms with van der Waals surface area (Å²) < 4.78 is 1.98. The molecule has 0 bridgehead atoms. The molecule has 0 atom stereocenters. The van der Waals surface area contributed by atoms with Crippen LogP contribution in [-0.4, -0.2) is 34.3 Å². The predicted molar refractivity (Wildman–Crippen MR) is 107 cm³/mol. The average molecular weight is 357 g/mol. The van der Waals surface area contributed by atoms with E-state index in [0.29, 0.717) is 6.54 Å². The van der Waals surface area contributed by atoms with Gasteiger partial charge in [0.1, 0.15) is 6.33 Å². The van der Waals surface area contributed by atoms with E-state index in [0.717, 1.165) is 29.9 Å². The molecule has 142 valence electrons. The molecule has 0 radical (unpaired) electrons. The summed E-state index contributed by atoms with van der Waals surface area (Å²) in [6.45, 7) is 6.08. The number of guanidine groups is 1. The molecule has 1 aromatic heterocycles. The molecule has 0 unspecified atom stereocenters. The van der Waals surface area contributed by atoms with Crippen LogP contribution < -0.4 is 10.6 Å². The largest absolute Gasteiger partial charge is 0.356 e. The number of nitrogens with zero attached hydrogens (tertiary/aromatic N) is 4. The van der Waals surface area contributed by atoms with Crippen LogP contribution in [0.2, 0.25) is 0 Å². The Kier molecular flexibility index (Phi) is 8.66. The van der Waals surface area contributed by atoms with Crippen molar-refractivity contribution in [3.8, 4) is 5.69 Å². The first-order valence-electron chi connectivity index (χ1n) is 9.59. The molecule has 0 saturated carbocycles. The molecule has 2 N–H and O–H groups in total. The number of rotatable bonds is 10. The normalized spacial score (nSPS) is 11.8. The van der Waals surface area contributed by atoms with Crippen molar-refractivity contribution in [2.45, 2.75) is 52.5 Å². The summed E-state index contributed by atoms with van der Waals surface area (Å²) in [5, 5.41) is 14.9. The van der Waals surface area contributed by atoms with Crippen LogP contribution in [0.1, 0.15) is 51.8 Å². The van der Waals surface area contributed by atoms with Gasteiger partial charge in [0.15, 0.2) is 11.8 Å². The minimum Gasteiger partial charge on any atom is -0.356 e. The fourth-order valence-electron chi connectivity index (χ4n) is 2.81. The second kappa shape index (κ2) is 11.3. The molecule has 0 saturated heterocycles. The molecule has 0 aliphatic rings. The van der Waals surface area contributed by atoms with Gasteiger partial charge in [-0.05, 0) is 24.5 Å². The van der Waals surface area contributed by atoms with Crippen LogP contribution in [0.3, 0.4) is 0 Å². The Bertz CT molecular complexity index is 647. The van der Waals surface area contributed by atoms with Crippen molar-refractivity contribution in [3.05, 3.63) is 42.5 Å².